The summed E-state index contributed by atoms with van der Waals surface area (Å²) in [7, 11) is 0. The number of rotatable bonds is 9. The van der Waals surface area contributed by atoms with Gasteiger partial charge in [0, 0.05) is 18.8 Å². The molecule has 0 aliphatic rings. The third kappa shape index (κ3) is 4.77. The fourth-order valence-corrected chi connectivity index (χ4v) is 2.82. The lowest BCUT2D eigenvalue weighted by molar-refractivity contribution is 0.0690. The van der Waals surface area contributed by atoms with Crippen LogP contribution in [0.15, 0.2) is 18.3 Å². The number of aromatic nitrogens is 5. The lowest BCUT2D eigenvalue weighted by Crippen LogP contribution is -2.14. The van der Waals surface area contributed by atoms with Gasteiger partial charge in [-0.2, -0.15) is 10.1 Å². The maximum absolute atomic E-state index is 11.8. The van der Waals surface area contributed by atoms with Crippen molar-refractivity contribution >= 4 is 34.6 Å². The molecule has 0 aliphatic heterocycles. The van der Waals surface area contributed by atoms with Gasteiger partial charge in [-0.15, -0.1) is 0 Å². The molecule has 3 rings (SSSR count). The van der Waals surface area contributed by atoms with Crippen molar-refractivity contribution in [3.63, 3.8) is 0 Å². The maximum Gasteiger partial charge on any atom is 0.358 e. The van der Waals surface area contributed by atoms with E-state index in [0.29, 0.717) is 42.9 Å². The topological polar surface area (TPSA) is 127 Å². The predicted octanol–water partition coefficient (Wildman–Crippen LogP) is 2.83. The first-order valence-corrected chi connectivity index (χ1v) is 9.44. The van der Waals surface area contributed by atoms with Gasteiger partial charge in [-0.25, -0.2) is 14.8 Å². The van der Waals surface area contributed by atoms with Crippen molar-refractivity contribution in [2.45, 2.75) is 40.3 Å². The van der Waals surface area contributed by atoms with E-state index in [9.17, 15) is 9.90 Å². The number of nitrogens with one attached hydrogen (secondary N) is 2. The molecule has 3 heterocycles. The normalized spacial score (nSPS) is 11.2. The van der Waals surface area contributed by atoms with Crippen molar-refractivity contribution < 1.29 is 14.6 Å². The van der Waals surface area contributed by atoms with Gasteiger partial charge in [0.05, 0.1) is 13.2 Å². The van der Waals surface area contributed by atoms with Gasteiger partial charge >= 0.3 is 5.97 Å². The maximum atomic E-state index is 11.8. The lowest BCUT2D eigenvalue weighted by atomic mass is 10.3. The highest BCUT2D eigenvalue weighted by atomic mass is 16.5. The average Bonchev–Trinajstić information content (AvgIpc) is 3.00. The van der Waals surface area contributed by atoms with E-state index < -0.39 is 5.97 Å². The Kier molecular flexibility index (Phi) is 6.23. The van der Waals surface area contributed by atoms with Gasteiger partial charge in [-0.05, 0) is 45.4 Å². The number of carboxylic acid groups (broad SMARTS) is 1. The molecular weight excluding hydrogens is 374 g/mol. The van der Waals surface area contributed by atoms with Gasteiger partial charge in [-0.1, -0.05) is 0 Å². The monoisotopic (exact) mass is 399 g/mol. The number of aromatic carboxylic acids is 1. The Bertz CT molecular complexity index is 1020. The highest BCUT2D eigenvalue weighted by molar-refractivity contribution is 6.03. The molecular formula is C19H25N7O3. The minimum Gasteiger partial charge on any atom is -0.476 e. The van der Waals surface area contributed by atoms with Crippen molar-refractivity contribution in [1.82, 2.24) is 24.7 Å². The van der Waals surface area contributed by atoms with Crippen LogP contribution in [-0.4, -0.2) is 55.1 Å². The highest BCUT2D eigenvalue weighted by Gasteiger charge is 2.23. The fourth-order valence-electron chi connectivity index (χ4n) is 2.82. The van der Waals surface area contributed by atoms with E-state index in [1.807, 2.05) is 39.8 Å². The van der Waals surface area contributed by atoms with Crippen molar-refractivity contribution in [1.29, 1.82) is 0 Å². The van der Waals surface area contributed by atoms with Crippen molar-refractivity contribution in [2.75, 3.05) is 23.8 Å². The summed E-state index contributed by atoms with van der Waals surface area (Å²) in [6, 6.07) is 3.84. The third-order valence-corrected chi connectivity index (χ3v) is 4.02. The van der Waals surface area contributed by atoms with Crippen molar-refractivity contribution in [3.8, 4) is 0 Å². The van der Waals surface area contributed by atoms with E-state index in [2.05, 4.69) is 30.7 Å². The van der Waals surface area contributed by atoms with E-state index in [-0.39, 0.29) is 17.3 Å². The molecule has 0 atom stereocenters. The smallest absolute Gasteiger partial charge is 0.358 e. The standard InChI is InChI=1S/C19H25N7O3/c1-5-29-9-8-26-16-14(15(25-26)18(27)28)23-19(21-11(2)3)24-17(16)22-13-10-12(4)6-7-20-13/h6-7,10-11H,5,8-9H2,1-4H3,(H,27,28)(H2,20,21,22,23,24). The second-order valence-electron chi connectivity index (χ2n) is 6.81. The third-order valence-electron chi connectivity index (χ3n) is 4.02. The number of ether oxygens (including phenoxy) is 1. The number of nitrogens with zero attached hydrogens (tertiary/aromatic N) is 5. The molecule has 0 unspecified atom stereocenters. The Morgan fingerprint density at radius 2 is 2.14 bits per heavy atom. The molecule has 154 valence electrons. The number of carbonyl (C=O) groups is 1. The molecule has 0 fully saturated rings. The van der Waals surface area contributed by atoms with Crippen molar-refractivity contribution in [3.05, 3.63) is 29.6 Å². The molecule has 0 spiro atoms. The Hall–Kier alpha value is -3.27. The van der Waals surface area contributed by atoms with E-state index in [1.54, 1.807) is 10.9 Å². The van der Waals surface area contributed by atoms with Crippen molar-refractivity contribution in [2.24, 2.45) is 0 Å². The molecule has 10 heteroatoms. The van der Waals surface area contributed by atoms with Gasteiger partial charge in [0.25, 0.3) is 0 Å². The predicted molar refractivity (Wildman–Crippen MR) is 110 cm³/mol. The van der Waals surface area contributed by atoms with Crippen LogP contribution in [0.4, 0.5) is 17.6 Å². The summed E-state index contributed by atoms with van der Waals surface area (Å²) in [4.78, 5) is 25.1. The first-order chi connectivity index (χ1) is 13.9. The first-order valence-electron chi connectivity index (χ1n) is 9.44. The molecule has 3 aromatic heterocycles. The van der Waals surface area contributed by atoms with Crippen LogP contribution in [0.5, 0.6) is 0 Å². The summed E-state index contributed by atoms with van der Waals surface area (Å²) in [6.07, 6.45) is 1.69. The summed E-state index contributed by atoms with van der Waals surface area (Å²) in [5.41, 5.74) is 1.64. The van der Waals surface area contributed by atoms with Crippen LogP contribution in [0.3, 0.4) is 0 Å². The van der Waals surface area contributed by atoms with E-state index >= 15 is 0 Å². The van der Waals surface area contributed by atoms with E-state index in [1.165, 1.54) is 0 Å². The number of pyridine rings is 1. The molecule has 0 amide bonds. The number of carboxylic acids is 1. The van der Waals surface area contributed by atoms with E-state index in [4.69, 9.17) is 4.74 Å². The molecule has 0 bridgehead atoms. The summed E-state index contributed by atoms with van der Waals surface area (Å²) < 4.78 is 6.97. The van der Waals surface area contributed by atoms with Crippen LogP contribution < -0.4 is 10.6 Å². The van der Waals surface area contributed by atoms with Gasteiger partial charge in [-0.3, -0.25) is 4.68 Å². The largest absolute Gasteiger partial charge is 0.476 e. The Balaban J connectivity index is 2.16. The zero-order valence-corrected chi connectivity index (χ0v) is 16.9. The number of hydrogen-bond acceptors (Lipinski definition) is 8. The molecule has 10 nitrogen and oxygen atoms in total. The minimum atomic E-state index is -1.15. The van der Waals surface area contributed by atoms with Gasteiger partial charge < -0.3 is 20.5 Å². The molecule has 0 aromatic carbocycles. The summed E-state index contributed by atoms with van der Waals surface area (Å²) in [5.74, 6) is 0.177. The molecule has 3 aromatic rings. The zero-order chi connectivity index (χ0) is 21.0. The van der Waals surface area contributed by atoms with Gasteiger partial charge in [0.15, 0.2) is 11.5 Å². The zero-order valence-electron chi connectivity index (χ0n) is 16.9. The second-order valence-corrected chi connectivity index (χ2v) is 6.81. The van der Waals surface area contributed by atoms with Crippen LogP contribution in [0.1, 0.15) is 36.8 Å². The summed E-state index contributed by atoms with van der Waals surface area (Å²) in [6.45, 7) is 9.08. The average molecular weight is 399 g/mol. The molecule has 0 aliphatic carbocycles. The highest BCUT2D eigenvalue weighted by Crippen LogP contribution is 2.27. The van der Waals surface area contributed by atoms with Gasteiger partial charge in [0.1, 0.15) is 16.9 Å². The van der Waals surface area contributed by atoms with E-state index in [0.717, 1.165) is 5.56 Å². The number of hydrogen-bond donors (Lipinski definition) is 3. The van der Waals surface area contributed by atoms with Crippen LogP contribution in [-0.2, 0) is 11.3 Å². The second kappa shape index (κ2) is 8.82. The number of aryl methyl sites for hydroxylation is 1. The lowest BCUT2D eigenvalue weighted by Gasteiger charge is -2.13. The molecule has 0 saturated heterocycles. The Morgan fingerprint density at radius 3 is 2.79 bits per heavy atom. The summed E-state index contributed by atoms with van der Waals surface area (Å²) in [5, 5.41) is 20.2. The number of anilines is 3. The molecule has 0 saturated carbocycles. The Morgan fingerprint density at radius 1 is 1.34 bits per heavy atom. The minimum absolute atomic E-state index is 0.0682. The van der Waals surface area contributed by atoms with Crippen LogP contribution >= 0.6 is 0 Å². The van der Waals surface area contributed by atoms with Gasteiger partial charge in [0.2, 0.25) is 5.95 Å². The molecule has 3 N–H and O–H groups in total. The van der Waals surface area contributed by atoms with Crippen LogP contribution in [0, 0.1) is 6.92 Å². The first kappa shape index (κ1) is 20.5. The quantitative estimate of drug-likeness (QED) is 0.465. The molecule has 0 radical (unpaired) electrons. The van der Waals surface area contributed by atoms with Crippen LogP contribution in [0.25, 0.3) is 11.0 Å². The summed E-state index contributed by atoms with van der Waals surface area (Å²) >= 11 is 0. The fraction of sp³-hybridized carbons (Fsp3) is 0.421. The SMILES string of the molecule is CCOCCn1nc(C(=O)O)c2nc(NC(C)C)nc(Nc3cc(C)ccn3)c21. The number of fused-ring (bicyclic) bond motifs is 1. The van der Waals surface area contributed by atoms with Crippen LogP contribution in [0.2, 0.25) is 0 Å². The molecule has 29 heavy (non-hydrogen) atoms. The Labute approximate surface area is 168 Å².